The highest BCUT2D eigenvalue weighted by atomic mass is 16.6. The van der Waals surface area contributed by atoms with Gasteiger partial charge in [-0.15, -0.1) is 0 Å². The molecule has 4 rings (SSSR count). The molecule has 0 spiro atoms. The van der Waals surface area contributed by atoms with Crippen molar-refractivity contribution in [1.29, 1.82) is 0 Å². The van der Waals surface area contributed by atoms with Gasteiger partial charge in [0.1, 0.15) is 5.60 Å². The van der Waals surface area contributed by atoms with E-state index in [9.17, 15) is 9.59 Å². The minimum atomic E-state index is -0.496. The molecule has 166 valence electrons. The summed E-state index contributed by atoms with van der Waals surface area (Å²) >= 11 is 0. The van der Waals surface area contributed by atoms with Crippen LogP contribution in [0.15, 0.2) is 24.4 Å². The molecule has 2 aromatic rings. The number of anilines is 1. The number of hydrogen-bond acceptors (Lipinski definition) is 6. The highest BCUT2D eigenvalue weighted by Gasteiger charge is 2.32. The van der Waals surface area contributed by atoms with Crippen LogP contribution in [-0.2, 0) is 9.47 Å². The largest absolute Gasteiger partial charge is 0.462 e. The molecular weight excluding hydrogens is 394 g/mol. The van der Waals surface area contributed by atoms with Gasteiger partial charge in [0.05, 0.1) is 23.4 Å². The molecule has 0 unspecified atom stereocenters. The molecule has 1 aliphatic carbocycles. The molecule has 1 saturated heterocycles. The second-order valence-corrected chi connectivity index (χ2v) is 9.25. The number of rotatable bonds is 4. The lowest BCUT2D eigenvalue weighted by Gasteiger charge is -2.38. The van der Waals surface area contributed by atoms with E-state index in [0.29, 0.717) is 31.2 Å². The smallest absolute Gasteiger partial charge is 0.410 e. The molecule has 31 heavy (non-hydrogen) atoms. The molecule has 0 bridgehead atoms. The third kappa shape index (κ3) is 4.75. The van der Waals surface area contributed by atoms with Crippen molar-refractivity contribution in [1.82, 2.24) is 9.88 Å². The third-order valence-electron chi connectivity index (χ3n) is 5.63. The third-order valence-corrected chi connectivity index (χ3v) is 5.63. The second-order valence-electron chi connectivity index (χ2n) is 9.25. The Labute approximate surface area is 183 Å². The topological polar surface area (TPSA) is 72.0 Å². The van der Waals surface area contributed by atoms with E-state index in [4.69, 9.17) is 9.47 Å². The van der Waals surface area contributed by atoms with Gasteiger partial charge in [0.15, 0.2) is 0 Å². The van der Waals surface area contributed by atoms with Crippen LogP contribution in [0.2, 0.25) is 0 Å². The van der Waals surface area contributed by atoms with Crippen LogP contribution in [0.1, 0.15) is 62.4 Å². The molecule has 7 heteroatoms. The number of carbonyl (C=O) groups is 2. The van der Waals surface area contributed by atoms with Gasteiger partial charge in [0, 0.05) is 37.8 Å². The lowest BCUT2D eigenvalue weighted by atomic mass is 10.0. The Morgan fingerprint density at radius 1 is 1.13 bits per heavy atom. The standard InChI is InChI=1S/C24H31N3O4/c1-5-30-22(28)18-14-17-8-9-19(16-6-7-16)21(20(17)25-15-18)26-10-12-27(13-11-26)23(29)31-24(2,3)4/h8-9,14-16H,5-7,10-13H2,1-4H3. The minimum Gasteiger partial charge on any atom is -0.462 e. The summed E-state index contributed by atoms with van der Waals surface area (Å²) in [5.74, 6) is 0.213. The van der Waals surface area contributed by atoms with E-state index in [2.05, 4.69) is 22.0 Å². The number of carbonyl (C=O) groups excluding carboxylic acids is 2. The summed E-state index contributed by atoms with van der Waals surface area (Å²) in [4.78, 5) is 33.4. The molecular formula is C24H31N3O4. The predicted molar refractivity (Wildman–Crippen MR) is 120 cm³/mol. The van der Waals surface area contributed by atoms with Crippen molar-refractivity contribution in [3.63, 3.8) is 0 Å². The summed E-state index contributed by atoms with van der Waals surface area (Å²) in [5.41, 5.74) is 3.33. The van der Waals surface area contributed by atoms with Crippen LogP contribution in [-0.4, -0.2) is 60.3 Å². The summed E-state index contributed by atoms with van der Waals surface area (Å²) in [7, 11) is 0. The van der Waals surface area contributed by atoms with Crippen molar-refractivity contribution in [2.45, 2.75) is 52.1 Å². The number of ether oxygens (including phenoxy) is 2. The minimum absolute atomic E-state index is 0.260. The number of hydrogen-bond donors (Lipinski definition) is 0. The van der Waals surface area contributed by atoms with Gasteiger partial charge in [0.2, 0.25) is 0 Å². The lowest BCUT2D eigenvalue weighted by molar-refractivity contribution is 0.0240. The maximum absolute atomic E-state index is 12.4. The van der Waals surface area contributed by atoms with E-state index < -0.39 is 5.60 Å². The Balaban J connectivity index is 1.60. The number of piperazine rings is 1. The first kappa shape index (κ1) is 21.4. The molecule has 7 nitrogen and oxygen atoms in total. The van der Waals surface area contributed by atoms with Crippen LogP contribution < -0.4 is 4.90 Å². The van der Waals surface area contributed by atoms with E-state index in [1.54, 1.807) is 18.0 Å². The summed E-state index contributed by atoms with van der Waals surface area (Å²) in [5, 5.41) is 0.930. The molecule has 2 aliphatic rings. The summed E-state index contributed by atoms with van der Waals surface area (Å²) in [6, 6.07) is 6.09. The molecule has 0 atom stereocenters. The molecule has 2 fully saturated rings. The molecule has 0 radical (unpaired) electrons. The molecule has 1 aliphatic heterocycles. The Bertz CT molecular complexity index is 986. The number of esters is 1. The van der Waals surface area contributed by atoms with Gasteiger partial charge in [-0.1, -0.05) is 12.1 Å². The molecule has 1 aromatic carbocycles. The fourth-order valence-corrected chi connectivity index (χ4v) is 4.02. The van der Waals surface area contributed by atoms with Crippen molar-refractivity contribution < 1.29 is 19.1 Å². The van der Waals surface area contributed by atoms with Gasteiger partial charge in [-0.2, -0.15) is 0 Å². The second kappa shape index (κ2) is 8.36. The zero-order valence-corrected chi connectivity index (χ0v) is 18.8. The number of benzene rings is 1. The Kier molecular flexibility index (Phi) is 5.77. The van der Waals surface area contributed by atoms with Gasteiger partial charge in [-0.3, -0.25) is 4.98 Å². The highest BCUT2D eigenvalue weighted by molar-refractivity contribution is 5.98. The van der Waals surface area contributed by atoms with Gasteiger partial charge >= 0.3 is 12.1 Å². The van der Waals surface area contributed by atoms with Gasteiger partial charge in [-0.05, 0) is 58.1 Å². The Hall–Kier alpha value is -2.83. The summed E-state index contributed by atoms with van der Waals surface area (Å²) in [6.45, 7) is 10.4. The molecule has 1 amide bonds. The molecule has 1 saturated carbocycles. The van der Waals surface area contributed by atoms with Crippen LogP contribution in [0.25, 0.3) is 10.9 Å². The van der Waals surface area contributed by atoms with Crippen LogP contribution in [0.4, 0.5) is 10.5 Å². The number of fused-ring (bicyclic) bond motifs is 1. The van der Waals surface area contributed by atoms with E-state index in [1.165, 1.54) is 18.4 Å². The Morgan fingerprint density at radius 2 is 1.84 bits per heavy atom. The van der Waals surface area contributed by atoms with Crippen molar-refractivity contribution in [3.05, 3.63) is 35.5 Å². The lowest BCUT2D eigenvalue weighted by Crippen LogP contribution is -2.50. The predicted octanol–water partition coefficient (Wildman–Crippen LogP) is 4.35. The number of pyridine rings is 1. The average molecular weight is 426 g/mol. The van der Waals surface area contributed by atoms with Crippen molar-refractivity contribution in [2.75, 3.05) is 37.7 Å². The van der Waals surface area contributed by atoms with Crippen molar-refractivity contribution >= 4 is 28.7 Å². The SMILES string of the molecule is CCOC(=O)c1cnc2c(N3CCN(C(=O)OC(C)(C)C)CC3)c(C3CC3)ccc2c1. The van der Waals surface area contributed by atoms with Gasteiger partial charge in [-0.25, -0.2) is 9.59 Å². The molecule has 0 N–H and O–H groups in total. The van der Waals surface area contributed by atoms with Crippen molar-refractivity contribution in [2.24, 2.45) is 0 Å². The molecule has 1 aromatic heterocycles. The first-order valence-electron chi connectivity index (χ1n) is 11.1. The fourth-order valence-electron chi connectivity index (χ4n) is 4.02. The quantitative estimate of drug-likeness (QED) is 0.679. The summed E-state index contributed by atoms with van der Waals surface area (Å²) < 4.78 is 10.7. The van der Waals surface area contributed by atoms with Gasteiger partial charge in [0.25, 0.3) is 0 Å². The zero-order chi connectivity index (χ0) is 22.2. The van der Waals surface area contributed by atoms with E-state index in [-0.39, 0.29) is 12.1 Å². The van der Waals surface area contributed by atoms with Crippen LogP contribution >= 0.6 is 0 Å². The van der Waals surface area contributed by atoms with E-state index in [1.807, 2.05) is 26.8 Å². The van der Waals surface area contributed by atoms with Crippen LogP contribution in [0.5, 0.6) is 0 Å². The summed E-state index contributed by atoms with van der Waals surface area (Å²) in [6.07, 6.45) is 3.73. The Morgan fingerprint density at radius 3 is 2.45 bits per heavy atom. The van der Waals surface area contributed by atoms with Gasteiger partial charge < -0.3 is 19.3 Å². The van der Waals surface area contributed by atoms with Crippen LogP contribution in [0, 0.1) is 0 Å². The average Bonchev–Trinajstić information content (AvgIpc) is 3.57. The maximum Gasteiger partial charge on any atom is 0.410 e. The fraction of sp³-hybridized carbons (Fsp3) is 0.542. The normalized spacial score (nSPS) is 17.0. The first-order valence-corrected chi connectivity index (χ1v) is 11.1. The first-order chi connectivity index (χ1) is 14.8. The number of nitrogens with zero attached hydrogens (tertiary/aromatic N) is 3. The highest BCUT2D eigenvalue weighted by Crippen LogP contribution is 2.46. The number of amides is 1. The number of aromatic nitrogens is 1. The monoisotopic (exact) mass is 425 g/mol. The van der Waals surface area contributed by atoms with E-state index in [0.717, 1.165) is 29.7 Å². The van der Waals surface area contributed by atoms with E-state index >= 15 is 0 Å². The maximum atomic E-state index is 12.4. The van der Waals surface area contributed by atoms with Crippen molar-refractivity contribution in [3.8, 4) is 0 Å². The molecule has 2 heterocycles. The zero-order valence-electron chi connectivity index (χ0n) is 18.8. The van der Waals surface area contributed by atoms with Crippen LogP contribution in [0.3, 0.4) is 0 Å².